The zero-order chi connectivity index (χ0) is 29.6. The Morgan fingerprint density at radius 3 is 1.90 bits per heavy atom. The maximum atomic E-state index is 12.1. The lowest BCUT2D eigenvalue weighted by molar-refractivity contribution is 0.0815. The van der Waals surface area contributed by atoms with Crippen LogP contribution in [-0.4, -0.2) is 41.5 Å². The lowest BCUT2D eigenvalue weighted by Gasteiger charge is -2.38. The summed E-state index contributed by atoms with van der Waals surface area (Å²) in [6, 6.07) is 18.4. The highest BCUT2D eigenvalue weighted by molar-refractivity contribution is 6.30. The number of amides is 1. The third-order valence-electron chi connectivity index (χ3n) is 7.83. The van der Waals surface area contributed by atoms with E-state index in [-0.39, 0.29) is 41.1 Å². The Morgan fingerprint density at radius 2 is 1.38 bits per heavy atom. The number of carbonyl (C=O) groups excluding carboxylic acids is 1. The summed E-state index contributed by atoms with van der Waals surface area (Å²) in [7, 11) is 1.37. The van der Waals surface area contributed by atoms with Gasteiger partial charge in [-0.3, -0.25) is 9.59 Å². The van der Waals surface area contributed by atoms with Gasteiger partial charge in [0.15, 0.2) is 0 Å². The first-order valence-electron chi connectivity index (χ1n) is 13.8. The molecule has 2 aliphatic rings. The van der Waals surface area contributed by atoms with Crippen LogP contribution in [0.4, 0.5) is 4.79 Å². The molecule has 42 heavy (non-hydrogen) atoms. The monoisotopic (exact) mass is 614 g/mol. The van der Waals surface area contributed by atoms with E-state index in [9.17, 15) is 14.4 Å². The standard InChI is InChI=1S/C16H17ClN2O4.C14H15ClN2O2/c1-22-16(21)19-7-6-11(14-9-15(20)18-23-14)8-13(19)10-2-4-12(17)5-3-10;15-11-3-1-9(2-4-11)12-7-10(5-6-16-12)13-8-14(18)17-19-13/h2-5,9,11,13H,6-8H2,1H3,(H,18,20);1-4,8,10,12,16H,5-7H2,(H,17,18)/t;10-,12-/m.0/s1. The topological polar surface area (TPSA) is 134 Å². The number of likely N-dealkylation sites (tertiary alicyclic amines) is 1. The van der Waals surface area contributed by atoms with Crippen LogP contribution in [0.2, 0.25) is 10.0 Å². The predicted octanol–water partition coefficient (Wildman–Crippen LogP) is 6.14. The molecule has 3 N–H and O–H groups in total. The molecule has 4 heterocycles. The van der Waals surface area contributed by atoms with Gasteiger partial charge < -0.3 is 24.0 Å². The van der Waals surface area contributed by atoms with Crippen molar-refractivity contribution < 1.29 is 18.6 Å². The van der Waals surface area contributed by atoms with Crippen molar-refractivity contribution in [1.82, 2.24) is 20.5 Å². The SMILES string of the molecule is COC(=O)N1CCC(c2cc(=O)[nH]o2)CC1c1ccc(Cl)cc1.O=c1cc([C@H]2CCN[C@H](c3ccc(Cl)cc3)C2)o[nH]1. The summed E-state index contributed by atoms with van der Waals surface area (Å²) in [5, 5.41) is 9.55. The van der Waals surface area contributed by atoms with Crippen LogP contribution in [0.15, 0.2) is 79.3 Å². The number of nitrogens with zero attached hydrogens (tertiary/aromatic N) is 1. The zero-order valence-electron chi connectivity index (χ0n) is 23.0. The van der Waals surface area contributed by atoms with Gasteiger partial charge in [-0.2, -0.15) is 10.3 Å². The highest BCUT2D eigenvalue weighted by atomic mass is 35.5. The van der Waals surface area contributed by atoms with E-state index in [0.717, 1.165) is 35.7 Å². The fourth-order valence-electron chi connectivity index (χ4n) is 5.68. The molecular formula is C30H32Cl2N4O6. The number of rotatable bonds is 4. The van der Waals surface area contributed by atoms with E-state index >= 15 is 0 Å². The molecule has 2 aliphatic heterocycles. The van der Waals surface area contributed by atoms with Gasteiger partial charge in [0.25, 0.3) is 11.1 Å². The molecule has 222 valence electrons. The Bertz CT molecular complexity index is 1580. The second kappa shape index (κ2) is 13.5. The predicted molar refractivity (Wildman–Crippen MR) is 158 cm³/mol. The van der Waals surface area contributed by atoms with Gasteiger partial charge in [0.2, 0.25) is 0 Å². The molecule has 6 rings (SSSR count). The van der Waals surface area contributed by atoms with Crippen molar-refractivity contribution in [3.05, 3.63) is 114 Å². The van der Waals surface area contributed by atoms with Crippen molar-refractivity contribution in [1.29, 1.82) is 0 Å². The largest absolute Gasteiger partial charge is 0.453 e. The van der Waals surface area contributed by atoms with E-state index in [1.54, 1.807) is 23.1 Å². The Labute approximate surface area is 251 Å². The first-order valence-corrected chi connectivity index (χ1v) is 14.5. The first-order chi connectivity index (χ1) is 20.3. The van der Waals surface area contributed by atoms with Crippen molar-refractivity contribution in [2.24, 2.45) is 0 Å². The highest BCUT2D eigenvalue weighted by Gasteiger charge is 2.35. The molecule has 2 aromatic carbocycles. The highest BCUT2D eigenvalue weighted by Crippen LogP contribution is 2.39. The number of hydrogen-bond donors (Lipinski definition) is 3. The summed E-state index contributed by atoms with van der Waals surface area (Å²) < 4.78 is 15.3. The number of ether oxygens (including phenoxy) is 1. The van der Waals surface area contributed by atoms with E-state index in [4.69, 9.17) is 37.0 Å². The number of benzene rings is 2. The normalized spacial score (nSPS) is 22.2. The summed E-state index contributed by atoms with van der Waals surface area (Å²) in [5.41, 5.74) is 1.77. The van der Waals surface area contributed by atoms with Crippen molar-refractivity contribution in [3.63, 3.8) is 0 Å². The third-order valence-corrected chi connectivity index (χ3v) is 8.34. The van der Waals surface area contributed by atoms with Crippen molar-refractivity contribution in [2.45, 2.75) is 49.6 Å². The average molecular weight is 616 g/mol. The number of nitrogens with one attached hydrogen (secondary N) is 3. The van der Waals surface area contributed by atoms with Crippen LogP contribution in [0.5, 0.6) is 0 Å². The van der Waals surface area contributed by atoms with Gasteiger partial charge >= 0.3 is 6.09 Å². The molecule has 0 bridgehead atoms. The molecule has 2 fully saturated rings. The number of halogens is 2. The summed E-state index contributed by atoms with van der Waals surface area (Å²) in [4.78, 5) is 36.2. The smallest absolute Gasteiger partial charge is 0.409 e. The summed E-state index contributed by atoms with van der Waals surface area (Å²) in [6.45, 7) is 1.44. The van der Waals surface area contributed by atoms with E-state index in [0.29, 0.717) is 30.2 Å². The number of hydrogen-bond acceptors (Lipinski definition) is 7. The maximum Gasteiger partial charge on any atom is 0.409 e. The first kappa shape index (κ1) is 29.8. The van der Waals surface area contributed by atoms with Gasteiger partial charge in [0.05, 0.1) is 13.2 Å². The van der Waals surface area contributed by atoms with Gasteiger partial charge in [-0.15, -0.1) is 0 Å². The van der Waals surface area contributed by atoms with Crippen LogP contribution in [0.3, 0.4) is 0 Å². The molecule has 2 saturated heterocycles. The minimum absolute atomic E-state index is 0.0653. The van der Waals surface area contributed by atoms with Crippen LogP contribution in [0, 0.1) is 0 Å². The van der Waals surface area contributed by atoms with Crippen LogP contribution >= 0.6 is 23.2 Å². The molecule has 2 unspecified atom stereocenters. The lowest BCUT2D eigenvalue weighted by Crippen LogP contribution is -2.40. The van der Waals surface area contributed by atoms with E-state index in [2.05, 4.69) is 15.6 Å². The Hall–Kier alpha value is -3.73. The van der Waals surface area contributed by atoms with Gasteiger partial charge in [-0.1, -0.05) is 47.5 Å². The number of aromatic nitrogens is 2. The van der Waals surface area contributed by atoms with Crippen molar-refractivity contribution in [3.8, 4) is 0 Å². The molecule has 0 spiro atoms. The van der Waals surface area contributed by atoms with E-state index in [1.807, 2.05) is 36.4 Å². The molecule has 2 aromatic heterocycles. The molecule has 0 radical (unpaired) electrons. The molecule has 0 saturated carbocycles. The van der Waals surface area contributed by atoms with Crippen LogP contribution in [0.1, 0.15) is 72.3 Å². The molecule has 10 nitrogen and oxygen atoms in total. The summed E-state index contributed by atoms with van der Waals surface area (Å²) >= 11 is 11.8. The quantitative estimate of drug-likeness (QED) is 0.251. The number of aromatic amines is 2. The second-order valence-electron chi connectivity index (χ2n) is 10.5. The van der Waals surface area contributed by atoms with Crippen LogP contribution in [-0.2, 0) is 4.74 Å². The van der Waals surface area contributed by atoms with Gasteiger partial charge in [-0.05, 0) is 67.6 Å². The number of H-pyrrole nitrogens is 2. The molecule has 1 amide bonds. The lowest BCUT2D eigenvalue weighted by atomic mass is 9.86. The van der Waals surface area contributed by atoms with Crippen molar-refractivity contribution >= 4 is 29.3 Å². The van der Waals surface area contributed by atoms with Gasteiger partial charge in [0, 0.05) is 46.6 Å². The number of methoxy groups -OCH3 is 1. The molecule has 0 aliphatic carbocycles. The zero-order valence-corrected chi connectivity index (χ0v) is 24.5. The fraction of sp³-hybridized carbons (Fsp3) is 0.367. The van der Waals surface area contributed by atoms with Crippen LogP contribution in [0.25, 0.3) is 0 Å². The van der Waals surface area contributed by atoms with Crippen molar-refractivity contribution in [2.75, 3.05) is 20.2 Å². The number of piperidine rings is 2. The Morgan fingerprint density at radius 1 is 0.833 bits per heavy atom. The van der Waals surface area contributed by atoms with E-state index < -0.39 is 0 Å². The van der Waals surface area contributed by atoms with Gasteiger partial charge in [0.1, 0.15) is 11.5 Å². The molecular weight excluding hydrogens is 583 g/mol. The summed E-state index contributed by atoms with van der Waals surface area (Å²) in [5.74, 6) is 1.72. The minimum Gasteiger partial charge on any atom is -0.453 e. The summed E-state index contributed by atoms with van der Waals surface area (Å²) in [6.07, 6.45) is 2.89. The fourth-order valence-corrected chi connectivity index (χ4v) is 5.93. The third kappa shape index (κ3) is 7.18. The molecule has 4 aromatic rings. The Kier molecular flexibility index (Phi) is 9.56. The average Bonchev–Trinajstić information content (AvgIpc) is 3.66. The second-order valence-corrected chi connectivity index (χ2v) is 11.3. The minimum atomic E-state index is -0.362. The van der Waals surface area contributed by atoms with E-state index in [1.165, 1.54) is 18.7 Å². The van der Waals surface area contributed by atoms with Crippen LogP contribution < -0.4 is 16.4 Å². The number of carbonyl (C=O) groups is 1. The molecule has 4 atom stereocenters. The molecule has 12 heteroatoms. The van der Waals surface area contributed by atoms with Gasteiger partial charge in [-0.25, -0.2) is 4.79 Å². The Balaban J connectivity index is 0.000000171. The maximum absolute atomic E-state index is 12.1.